The van der Waals surface area contributed by atoms with Crippen LogP contribution in [-0.4, -0.2) is 35.2 Å². The zero-order valence-electron chi connectivity index (χ0n) is 17.4. The summed E-state index contributed by atoms with van der Waals surface area (Å²) >= 11 is 1.70. The van der Waals surface area contributed by atoms with Gasteiger partial charge in [0.1, 0.15) is 6.10 Å². The van der Waals surface area contributed by atoms with Gasteiger partial charge in [-0.1, -0.05) is 42.5 Å². The Morgan fingerprint density at radius 1 is 1.00 bits per heavy atom. The van der Waals surface area contributed by atoms with Crippen molar-refractivity contribution in [3.63, 3.8) is 0 Å². The lowest BCUT2D eigenvalue weighted by atomic mass is 10.0. The summed E-state index contributed by atoms with van der Waals surface area (Å²) in [6.45, 7) is 0.502. The highest BCUT2D eigenvalue weighted by atomic mass is 32.2. The number of ether oxygens (including phenoxy) is 1. The van der Waals surface area contributed by atoms with Crippen LogP contribution in [0.5, 0.6) is 0 Å². The van der Waals surface area contributed by atoms with Crippen LogP contribution in [0.2, 0.25) is 0 Å². The number of anilines is 1. The molecule has 0 radical (unpaired) electrons. The first kappa shape index (κ1) is 20.3. The van der Waals surface area contributed by atoms with Crippen molar-refractivity contribution in [2.75, 3.05) is 17.7 Å². The molecule has 1 saturated heterocycles. The summed E-state index contributed by atoms with van der Waals surface area (Å²) in [7, 11) is 0. The number of thioether (sulfide) groups is 1. The van der Waals surface area contributed by atoms with Crippen molar-refractivity contribution in [2.45, 2.75) is 17.4 Å². The molecule has 160 valence electrons. The second-order valence-corrected chi connectivity index (χ2v) is 8.54. The van der Waals surface area contributed by atoms with Crippen molar-refractivity contribution >= 4 is 34.3 Å². The Morgan fingerprint density at radius 3 is 2.44 bits per heavy atom. The van der Waals surface area contributed by atoms with Gasteiger partial charge in [-0.3, -0.25) is 9.69 Å². The molecule has 4 aromatic rings. The zero-order chi connectivity index (χ0) is 22.1. The van der Waals surface area contributed by atoms with Crippen LogP contribution in [0.1, 0.15) is 5.56 Å². The van der Waals surface area contributed by atoms with Crippen molar-refractivity contribution in [1.29, 1.82) is 0 Å². The van der Waals surface area contributed by atoms with Gasteiger partial charge in [-0.25, -0.2) is 9.89 Å². The molecule has 3 aromatic carbocycles. The molecule has 6 nitrogen and oxygen atoms in total. The smallest absolute Gasteiger partial charge is 0.414 e. The quantitative estimate of drug-likeness (QED) is 0.445. The number of H-pyrrole nitrogens is 1. The first-order chi connectivity index (χ1) is 15.6. The minimum atomic E-state index is -0.337. The van der Waals surface area contributed by atoms with Crippen molar-refractivity contribution < 1.29 is 9.53 Å². The van der Waals surface area contributed by atoms with Crippen LogP contribution in [-0.2, 0) is 11.2 Å². The predicted molar refractivity (Wildman–Crippen MR) is 127 cm³/mol. The lowest BCUT2D eigenvalue weighted by Gasteiger charge is -2.14. The van der Waals surface area contributed by atoms with Crippen LogP contribution in [0, 0.1) is 0 Å². The van der Waals surface area contributed by atoms with Gasteiger partial charge in [0.2, 0.25) is 0 Å². The number of hydrogen-bond donors (Lipinski definition) is 1. The minimum absolute atomic E-state index is 0.188. The van der Waals surface area contributed by atoms with E-state index in [4.69, 9.17) is 4.74 Å². The number of aromatic nitrogens is 2. The molecule has 1 aromatic heterocycles. The zero-order valence-corrected chi connectivity index (χ0v) is 18.3. The molecule has 7 heteroatoms. The molecule has 1 amide bonds. The number of amides is 1. The number of cyclic esters (lactones) is 1. The maximum Gasteiger partial charge on any atom is 0.414 e. The van der Waals surface area contributed by atoms with Crippen LogP contribution in [0.15, 0.2) is 82.5 Å². The van der Waals surface area contributed by atoms with Crippen LogP contribution in [0.4, 0.5) is 10.5 Å². The molecule has 1 aliphatic rings. The van der Waals surface area contributed by atoms with Gasteiger partial charge in [0.05, 0.1) is 17.6 Å². The molecule has 1 atom stereocenters. The van der Waals surface area contributed by atoms with E-state index in [1.54, 1.807) is 22.7 Å². The topological polar surface area (TPSA) is 75.3 Å². The Morgan fingerprint density at radius 2 is 1.72 bits per heavy atom. The van der Waals surface area contributed by atoms with E-state index in [1.807, 2.05) is 48.7 Å². The summed E-state index contributed by atoms with van der Waals surface area (Å²) in [5, 5.41) is 8.19. The Kier molecular flexibility index (Phi) is 5.41. The molecule has 0 spiro atoms. The number of nitrogens with one attached hydrogen (secondary N) is 1. The molecule has 0 bridgehead atoms. The Labute approximate surface area is 189 Å². The Bertz CT molecular complexity index is 1330. The van der Waals surface area contributed by atoms with Gasteiger partial charge in [0.25, 0.3) is 5.56 Å². The predicted octanol–water partition coefficient (Wildman–Crippen LogP) is 4.88. The van der Waals surface area contributed by atoms with Gasteiger partial charge in [0.15, 0.2) is 0 Å². The van der Waals surface area contributed by atoms with Crippen LogP contribution < -0.4 is 10.5 Å². The SMILES string of the molecule is CSc1ccc(CC2CN(c3ccc(-c4n[nH]c(=O)c5ccccc45)cc3)C(=O)O2)cc1. The van der Waals surface area contributed by atoms with Crippen molar-refractivity contribution in [1.82, 2.24) is 10.2 Å². The van der Waals surface area contributed by atoms with E-state index >= 15 is 0 Å². The van der Waals surface area contributed by atoms with E-state index in [0.29, 0.717) is 24.0 Å². The lowest BCUT2D eigenvalue weighted by Crippen LogP contribution is -2.24. The number of fused-ring (bicyclic) bond motifs is 1. The average molecular weight is 444 g/mol. The fourth-order valence-electron chi connectivity index (χ4n) is 4.00. The summed E-state index contributed by atoms with van der Waals surface area (Å²) in [6.07, 6.45) is 2.21. The molecule has 1 aliphatic heterocycles. The van der Waals surface area contributed by atoms with Crippen LogP contribution in [0.25, 0.3) is 22.0 Å². The summed E-state index contributed by atoms with van der Waals surface area (Å²) < 4.78 is 5.60. The van der Waals surface area contributed by atoms with Crippen molar-refractivity contribution in [2.24, 2.45) is 0 Å². The average Bonchev–Trinajstić information content (AvgIpc) is 3.20. The third-order valence-electron chi connectivity index (χ3n) is 5.64. The van der Waals surface area contributed by atoms with E-state index in [1.165, 1.54) is 4.90 Å². The molecule has 0 saturated carbocycles. The highest BCUT2D eigenvalue weighted by Crippen LogP contribution is 2.29. The second kappa shape index (κ2) is 8.51. The minimum Gasteiger partial charge on any atom is -0.444 e. The molecular weight excluding hydrogens is 422 g/mol. The molecule has 1 unspecified atom stereocenters. The molecular formula is C25H21N3O3S. The van der Waals surface area contributed by atoms with Gasteiger partial charge in [-0.15, -0.1) is 11.8 Å². The largest absolute Gasteiger partial charge is 0.444 e. The monoisotopic (exact) mass is 443 g/mol. The number of benzene rings is 3. The maximum atomic E-state index is 12.5. The Balaban J connectivity index is 1.35. The number of hydrogen-bond acceptors (Lipinski definition) is 5. The fraction of sp³-hybridized carbons (Fsp3) is 0.160. The lowest BCUT2D eigenvalue weighted by molar-refractivity contribution is 0.141. The third-order valence-corrected chi connectivity index (χ3v) is 6.39. The van der Waals surface area contributed by atoms with Gasteiger partial charge in [0, 0.05) is 28.0 Å². The summed E-state index contributed by atoms with van der Waals surface area (Å²) in [6, 6.07) is 23.3. The number of carbonyl (C=O) groups excluding carboxylic acids is 1. The van der Waals surface area contributed by atoms with Gasteiger partial charge >= 0.3 is 6.09 Å². The second-order valence-electron chi connectivity index (χ2n) is 7.66. The van der Waals surface area contributed by atoms with E-state index < -0.39 is 0 Å². The van der Waals surface area contributed by atoms with E-state index in [-0.39, 0.29) is 17.8 Å². The van der Waals surface area contributed by atoms with Gasteiger partial charge < -0.3 is 4.74 Å². The van der Waals surface area contributed by atoms with Gasteiger partial charge in [-0.2, -0.15) is 5.10 Å². The number of nitrogens with zero attached hydrogens (tertiary/aromatic N) is 2. The molecule has 1 fully saturated rings. The third kappa shape index (κ3) is 3.87. The van der Waals surface area contributed by atoms with E-state index in [0.717, 1.165) is 22.2 Å². The molecule has 1 N–H and O–H groups in total. The van der Waals surface area contributed by atoms with Gasteiger partial charge in [-0.05, 0) is 42.2 Å². The fourth-order valence-corrected chi connectivity index (χ4v) is 4.41. The maximum absolute atomic E-state index is 12.5. The molecule has 2 heterocycles. The normalized spacial score (nSPS) is 15.8. The number of carbonyl (C=O) groups is 1. The molecule has 5 rings (SSSR count). The Hall–Kier alpha value is -3.58. The first-order valence-electron chi connectivity index (χ1n) is 10.3. The highest BCUT2D eigenvalue weighted by molar-refractivity contribution is 7.98. The number of rotatable bonds is 5. The number of aromatic amines is 1. The molecule has 32 heavy (non-hydrogen) atoms. The van der Waals surface area contributed by atoms with Crippen LogP contribution >= 0.6 is 11.8 Å². The van der Waals surface area contributed by atoms with E-state index in [2.05, 4.69) is 34.5 Å². The summed E-state index contributed by atoms with van der Waals surface area (Å²) in [5.41, 5.74) is 3.26. The standard InChI is InChI=1S/C25H21N3O3S/c1-32-20-12-6-16(7-13-20)14-19-15-28(25(30)31-19)18-10-8-17(9-11-18)23-21-4-2-3-5-22(21)24(29)27-26-23/h2-13,19H,14-15H2,1H3,(H,27,29). The van der Waals surface area contributed by atoms with Crippen LogP contribution in [0.3, 0.4) is 0 Å². The van der Waals surface area contributed by atoms with Crippen molar-refractivity contribution in [3.05, 3.63) is 88.7 Å². The van der Waals surface area contributed by atoms with E-state index in [9.17, 15) is 9.59 Å². The summed E-state index contributed by atoms with van der Waals surface area (Å²) in [4.78, 5) is 27.4. The highest BCUT2D eigenvalue weighted by Gasteiger charge is 2.32. The summed E-state index contributed by atoms with van der Waals surface area (Å²) in [5.74, 6) is 0. The van der Waals surface area contributed by atoms with Crippen molar-refractivity contribution in [3.8, 4) is 11.3 Å². The molecule has 0 aliphatic carbocycles. The first-order valence-corrected chi connectivity index (χ1v) is 11.5.